The number of anilines is 1. The number of methoxy groups -OCH3 is 1. The Balaban J connectivity index is 1.33. The number of aromatic nitrogens is 4. The number of carbonyl (C=O) groups is 2. The fourth-order valence-corrected chi connectivity index (χ4v) is 6.71. The predicted molar refractivity (Wildman–Crippen MR) is 150 cm³/mol. The molecule has 2 aromatic rings. The van der Waals surface area contributed by atoms with Crippen LogP contribution in [0.15, 0.2) is 6.33 Å². The average molecular weight is 633 g/mol. The number of thioether (sulfide) groups is 1. The zero-order valence-corrected chi connectivity index (χ0v) is 25.9. The zero-order chi connectivity index (χ0) is 31.0. The Morgan fingerprint density at radius 3 is 2.74 bits per heavy atom. The number of rotatable bonds is 11. The van der Waals surface area contributed by atoms with E-state index in [1.807, 2.05) is 0 Å². The highest BCUT2D eigenvalue weighted by Gasteiger charge is 2.60. The standard InChI is InChI=1S/C24H37N6O10PS/c1-12(2)14(25)19(31)36-10-23(3,4)21(32)42-8-7-37-41(34)38-9-13-16(40-41)24(5,33)20(39-13)30-11-27-15-17(30)28-22(26)29-18(15)35-6/h11-14,16,20,33H,7-10,25H2,1-6H3,(H2,26,28,29)/t13-,14+,16-,20-,24-,41-/m1/s1. The third-order valence-electron chi connectivity index (χ3n) is 6.89. The molecule has 0 bridgehead atoms. The molecule has 2 saturated heterocycles. The van der Waals surface area contributed by atoms with Crippen molar-refractivity contribution in [2.45, 2.75) is 64.7 Å². The number of phosphoric acid groups is 1. The molecule has 18 heteroatoms. The number of hydrogen-bond donors (Lipinski definition) is 3. The van der Waals surface area contributed by atoms with Gasteiger partial charge in [0.15, 0.2) is 22.5 Å². The lowest BCUT2D eigenvalue weighted by Gasteiger charge is -2.35. The van der Waals surface area contributed by atoms with Crippen molar-refractivity contribution in [2.75, 3.05) is 38.4 Å². The van der Waals surface area contributed by atoms with E-state index in [0.29, 0.717) is 5.52 Å². The first-order valence-electron chi connectivity index (χ1n) is 13.2. The van der Waals surface area contributed by atoms with Crippen molar-refractivity contribution in [3.63, 3.8) is 0 Å². The second-order valence-electron chi connectivity index (χ2n) is 11.2. The first-order valence-corrected chi connectivity index (χ1v) is 15.6. The Hall–Kier alpha value is -2.37. The van der Waals surface area contributed by atoms with Gasteiger partial charge in [-0.3, -0.25) is 27.7 Å². The first-order chi connectivity index (χ1) is 19.6. The lowest BCUT2D eigenvalue weighted by atomic mass is 9.96. The molecule has 2 aliphatic heterocycles. The molecule has 0 radical (unpaired) electrons. The first kappa shape index (κ1) is 32.5. The van der Waals surface area contributed by atoms with E-state index in [2.05, 4.69) is 15.0 Å². The zero-order valence-electron chi connectivity index (χ0n) is 24.2. The van der Waals surface area contributed by atoms with Gasteiger partial charge >= 0.3 is 13.8 Å². The number of fused-ring (bicyclic) bond motifs is 2. The smallest absolute Gasteiger partial charge is 0.475 e. The van der Waals surface area contributed by atoms with Gasteiger partial charge in [0.05, 0.1) is 32.1 Å². The van der Waals surface area contributed by atoms with Crippen molar-refractivity contribution < 1.29 is 47.0 Å². The lowest BCUT2D eigenvalue weighted by Crippen LogP contribution is -2.47. The van der Waals surface area contributed by atoms with E-state index >= 15 is 0 Å². The summed E-state index contributed by atoms with van der Waals surface area (Å²) in [6.07, 6.45) is -1.56. The maximum atomic E-state index is 13.3. The van der Waals surface area contributed by atoms with E-state index < -0.39 is 49.3 Å². The molecule has 4 heterocycles. The summed E-state index contributed by atoms with van der Waals surface area (Å²) in [6.45, 7) is 7.86. The number of imidazole rings is 1. The summed E-state index contributed by atoms with van der Waals surface area (Å²) in [7, 11) is -2.71. The number of nitrogens with zero attached hydrogens (tertiary/aromatic N) is 4. The predicted octanol–water partition coefficient (Wildman–Crippen LogP) is 1.42. The largest absolute Gasteiger partial charge is 0.479 e. The summed E-state index contributed by atoms with van der Waals surface area (Å²) >= 11 is 0.925. The average Bonchev–Trinajstić information content (AvgIpc) is 3.45. The Kier molecular flexibility index (Phi) is 9.55. The monoisotopic (exact) mass is 632 g/mol. The Labute approximate surface area is 246 Å². The van der Waals surface area contributed by atoms with Gasteiger partial charge in [0, 0.05) is 5.75 Å². The van der Waals surface area contributed by atoms with Crippen molar-refractivity contribution in [3.05, 3.63) is 6.33 Å². The number of nitrogens with two attached hydrogens (primary N) is 2. The van der Waals surface area contributed by atoms with Gasteiger partial charge < -0.3 is 30.8 Å². The highest BCUT2D eigenvalue weighted by Crippen LogP contribution is 2.59. The molecule has 2 aliphatic rings. The minimum atomic E-state index is -4.12. The normalized spacial score (nSPS) is 28.5. The number of ether oxygens (including phenoxy) is 3. The number of aliphatic hydroxyl groups is 1. The van der Waals surface area contributed by atoms with Crippen LogP contribution < -0.4 is 16.2 Å². The van der Waals surface area contributed by atoms with Crippen molar-refractivity contribution >= 4 is 47.8 Å². The fourth-order valence-electron chi connectivity index (χ4n) is 4.32. The van der Waals surface area contributed by atoms with E-state index in [0.717, 1.165) is 11.8 Å². The summed E-state index contributed by atoms with van der Waals surface area (Å²) in [5.41, 5.74) is 9.45. The van der Waals surface area contributed by atoms with Gasteiger partial charge in [-0.15, -0.1) is 0 Å². The molecule has 16 nitrogen and oxygen atoms in total. The van der Waals surface area contributed by atoms with Crippen LogP contribution in [0.1, 0.15) is 40.8 Å². The maximum absolute atomic E-state index is 13.3. The Morgan fingerprint density at radius 2 is 2.07 bits per heavy atom. The Morgan fingerprint density at radius 1 is 1.36 bits per heavy atom. The van der Waals surface area contributed by atoms with E-state index in [1.165, 1.54) is 24.9 Å². The van der Waals surface area contributed by atoms with Crippen LogP contribution in [0, 0.1) is 11.3 Å². The van der Waals surface area contributed by atoms with Crippen molar-refractivity contribution in [3.8, 4) is 5.88 Å². The molecule has 42 heavy (non-hydrogen) atoms. The van der Waals surface area contributed by atoms with Crippen molar-refractivity contribution in [2.24, 2.45) is 17.1 Å². The van der Waals surface area contributed by atoms with Crippen LogP contribution in [0.5, 0.6) is 5.88 Å². The van der Waals surface area contributed by atoms with Crippen LogP contribution in [0.25, 0.3) is 11.2 Å². The van der Waals surface area contributed by atoms with E-state index in [4.69, 9.17) is 39.2 Å². The van der Waals surface area contributed by atoms with Gasteiger partial charge in [-0.1, -0.05) is 25.6 Å². The number of nitrogen functional groups attached to an aromatic ring is 1. The molecule has 0 saturated carbocycles. The van der Waals surface area contributed by atoms with E-state index in [-0.39, 0.29) is 54.1 Å². The molecule has 2 fully saturated rings. The summed E-state index contributed by atoms with van der Waals surface area (Å²) in [5, 5.41) is 11.2. The van der Waals surface area contributed by atoms with Crippen molar-refractivity contribution in [1.82, 2.24) is 19.5 Å². The molecular weight excluding hydrogens is 595 g/mol. The third-order valence-corrected chi connectivity index (χ3v) is 9.53. The van der Waals surface area contributed by atoms with Gasteiger partial charge in [0.2, 0.25) is 11.8 Å². The molecule has 2 aromatic heterocycles. The molecular formula is C24H37N6O10PS. The summed E-state index contributed by atoms with van der Waals surface area (Å²) in [5.74, 6) is -0.468. The quantitative estimate of drug-likeness (QED) is 0.181. The van der Waals surface area contributed by atoms with Crippen LogP contribution >= 0.6 is 19.6 Å². The molecule has 0 unspecified atom stereocenters. The second-order valence-corrected chi connectivity index (χ2v) is 13.9. The molecule has 0 amide bonds. The van der Waals surface area contributed by atoms with Crippen LogP contribution in [0.3, 0.4) is 0 Å². The SMILES string of the molecule is COc1nc(N)nc2c1ncn2[C@@H]1O[C@@H]2CO[P@@](=O)(OCCSC(=O)C(C)(C)COC(=O)[C@@H](N)C(C)C)O[C@H]2[C@@]1(C)O. The fraction of sp³-hybridized carbons (Fsp3) is 0.708. The van der Waals surface area contributed by atoms with Gasteiger partial charge in [-0.05, 0) is 26.7 Å². The number of carbonyl (C=O) groups excluding carboxylic acids is 2. The molecule has 0 aromatic carbocycles. The Bertz CT molecular complexity index is 1370. The summed E-state index contributed by atoms with van der Waals surface area (Å²) < 4.78 is 47.7. The van der Waals surface area contributed by atoms with Crippen LogP contribution in [0.2, 0.25) is 0 Å². The van der Waals surface area contributed by atoms with Crippen LogP contribution in [0.4, 0.5) is 5.95 Å². The molecule has 234 valence electrons. The summed E-state index contributed by atoms with van der Waals surface area (Å²) in [6, 6.07) is -0.777. The minimum Gasteiger partial charge on any atom is -0.479 e. The van der Waals surface area contributed by atoms with Crippen molar-refractivity contribution in [1.29, 1.82) is 0 Å². The van der Waals surface area contributed by atoms with Crippen LogP contribution in [-0.4, -0.2) is 92.2 Å². The summed E-state index contributed by atoms with van der Waals surface area (Å²) in [4.78, 5) is 37.2. The number of hydrogen-bond acceptors (Lipinski definition) is 16. The number of phosphoric ester groups is 1. The lowest BCUT2D eigenvalue weighted by molar-refractivity contribution is -0.150. The topological polar surface area (TPSA) is 222 Å². The molecule has 6 atom stereocenters. The molecule has 5 N–H and O–H groups in total. The highest BCUT2D eigenvalue weighted by molar-refractivity contribution is 8.13. The van der Waals surface area contributed by atoms with E-state index in [9.17, 15) is 19.3 Å². The van der Waals surface area contributed by atoms with Gasteiger partial charge in [0.1, 0.15) is 30.5 Å². The maximum Gasteiger partial charge on any atom is 0.475 e. The molecule has 0 spiro atoms. The number of esters is 1. The van der Waals surface area contributed by atoms with Crippen LogP contribution in [-0.2, 0) is 37.2 Å². The van der Waals surface area contributed by atoms with Gasteiger partial charge in [0.25, 0.3) is 0 Å². The highest BCUT2D eigenvalue weighted by atomic mass is 32.2. The van der Waals surface area contributed by atoms with Gasteiger partial charge in [-0.2, -0.15) is 9.97 Å². The third kappa shape index (κ3) is 6.58. The second kappa shape index (κ2) is 12.3. The molecule has 4 rings (SSSR count). The van der Waals surface area contributed by atoms with E-state index in [1.54, 1.807) is 27.7 Å². The minimum absolute atomic E-state index is 0.0651. The molecule has 0 aliphatic carbocycles. The van der Waals surface area contributed by atoms with Gasteiger partial charge in [-0.25, -0.2) is 9.55 Å².